The molecule has 2 aromatic rings. The Kier molecular flexibility index (Phi) is 3.95. The summed E-state index contributed by atoms with van der Waals surface area (Å²) in [6.07, 6.45) is -9.40. The number of aromatic hydroxyl groups is 1. The summed E-state index contributed by atoms with van der Waals surface area (Å²) in [5, 5.41) is 9.70. The summed E-state index contributed by atoms with van der Waals surface area (Å²) in [5.41, 5.74) is -0.555. The van der Waals surface area contributed by atoms with Gasteiger partial charge in [-0.1, -0.05) is 12.1 Å². The van der Waals surface area contributed by atoms with Crippen LogP contribution in [0.2, 0.25) is 0 Å². The van der Waals surface area contributed by atoms with E-state index in [1.807, 2.05) is 0 Å². The molecule has 0 unspecified atom stereocenters. The number of hydrogen-bond acceptors (Lipinski definition) is 2. The predicted molar refractivity (Wildman–Crippen MR) is 65.2 cm³/mol. The zero-order valence-electron chi connectivity index (χ0n) is 10.7. The summed E-state index contributed by atoms with van der Waals surface area (Å²) in [6.45, 7) is 0. The van der Waals surface area contributed by atoms with E-state index in [1.165, 1.54) is 0 Å². The average Bonchev–Trinajstić information content (AvgIpc) is 2.36. The number of phenolic OH excluding ortho intramolecular Hbond substituents is 1. The Hall–Kier alpha value is -2.38. The zero-order chi connectivity index (χ0) is 16.5. The molecule has 0 bridgehead atoms. The summed E-state index contributed by atoms with van der Waals surface area (Å²) in [4.78, 5) is 0. The molecule has 0 aromatic heterocycles. The molecule has 0 aliphatic heterocycles. The zero-order valence-corrected chi connectivity index (χ0v) is 10.7. The standard InChI is InChI=1S/C14H8F6O2/c15-13(16,17)9-3-1-8(2-4-9)11-6-5-10(7-12(11)21)22-14(18,19)20/h1-7,21H. The first-order valence-electron chi connectivity index (χ1n) is 5.83. The first-order chi connectivity index (χ1) is 10.1. The van der Waals surface area contributed by atoms with E-state index < -0.39 is 29.6 Å². The molecule has 0 spiro atoms. The van der Waals surface area contributed by atoms with Crippen LogP contribution >= 0.6 is 0 Å². The Morgan fingerprint density at radius 2 is 1.41 bits per heavy atom. The number of rotatable bonds is 2. The van der Waals surface area contributed by atoms with Crippen molar-refractivity contribution in [2.45, 2.75) is 12.5 Å². The van der Waals surface area contributed by atoms with E-state index in [-0.39, 0.29) is 11.1 Å². The highest BCUT2D eigenvalue weighted by atomic mass is 19.4. The Balaban J connectivity index is 2.30. The lowest BCUT2D eigenvalue weighted by atomic mass is 10.0. The van der Waals surface area contributed by atoms with Crippen LogP contribution in [0.4, 0.5) is 26.3 Å². The van der Waals surface area contributed by atoms with Crippen LogP contribution in [0, 0.1) is 0 Å². The molecule has 0 heterocycles. The van der Waals surface area contributed by atoms with Crippen LogP contribution in [0.15, 0.2) is 42.5 Å². The van der Waals surface area contributed by atoms with Gasteiger partial charge in [0, 0.05) is 11.6 Å². The van der Waals surface area contributed by atoms with Gasteiger partial charge in [-0.15, -0.1) is 13.2 Å². The molecule has 2 rings (SSSR count). The van der Waals surface area contributed by atoms with Crippen molar-refractivity contribution in [1.29, 1.82) is 0 Å². The van der Waals surface area contributed by atoms with E-state index in [9.17, 15) is 31.4 Å². The van der Waals surface area contributed by atoms with Gasteiger partial charge in [0.25, 0.3) is 0 Å². The molecule has 0 amide bonds. The van der Waals surface area contributed by atoms with Crippen LogP contribution < -0.4 is 4.74 Å². The highest BCUT2D eigenvalue weighted by Gasteiger charge is 2.32. The second-order valence-corrected chi connectivity index (χ2v) is 4.30. The number of phenols is 1. The van der Waals surface area contributed by atoms with Crippen molar-refractivity contribution in [2.75, 3.05) is 0 Å². The Morgan fingerprint density at radius 1 is 0.818 bits per heavy atom. The summed E-state index contributed by atoms with van der Waals surface area (Å²) in [6, 6.07) is 6.67. The maximum atomic E-state index is 12.4. The van der Waals surface area contributed by atoms with E-state index >= 15 is 0 Å². The Labute approximate surface area is 120 Å². The van der Waals surface area contributed by atoms with Crippen LogP contribution in [-0.2, 0) is 6.18 Å². The second kappa shape index (κ2) is 5.43. The third kappa shape index (κ3) is 3.84. The van der Waals surface area contributed by atoms with Crippen molar-refractivity contribution >= 4 is 0 Å². The largest absolute Gasteiger partial charge is 0.573 e. The lowest BCUT2D eigenvalue weighted by molar-refractivity contribution is -0.274. The van der Waals surface area contributed by atoms with Gasteiger partial charge in [-0.3, -0.25) is 0 Å². The molecule has 0 radical (unpaired) electrons. The maximum Gasteiger partial charge on any atom is 0.573 e. The van der Waals surface area contributed by atoms with Gasteiger partial charge in [-0.2, -0.15) is 13.2 Å². The molecule has 0 aliphatic carbocycles. The van der Waals surface area contributed by atoms with Crippen LogP contribution in [-0.4, -0.2) is 11.5 Å². The summed E-state index contributed by atoms with van der Waals surface area (Å²) >= 11 is 0. The van der Waals surface area contributed by atoms with Gasteiger partial charge >= 0.3 is 12.5 Å². The third-order valence-corrected chi connectivity index (χ3v) is 2.73. The van der Waals surface area contributed by atoms with E-state index in [0.717, 1.165) is 42.5 Å². The molecule has 0 aliphatic rings. The number of alkyl halides is 6. The predicted octanol–water partition coefficient (Wildman–Crippen LogP) is 4.98. The fourth-order valence-electron chi connectivity index (χ4n) is 1.79. The van der Waals surface area contributed by atoms with Crippen LogP contribution in [0.3, 0.4) is 0 Å². The summed E-state index contributed by atoms with van der Waals surface area (Å²) in [7, 11) is 0. The van der Waals surface area contributed by atoms with Crippen LogP contribution in [0.25, 0.3) is 11.1 Å². The monoisotopic (exact) mass is 322 g/mol. The number of halogens is 6. The molecule has 2 nitrogen and oxygen atoms in total. The topological polar surface area (TPSA) is 29.5 Å². The molecule has 0 saturated heterocycles. The smallest absolute Gasteiger partial charge is 0.507 e. The quantitative estimate of drug-likeness (QED) is 0.791. The van der Waals surface area contributed by atoms with Gasteiger partial charge in [0.05, 0.1) is 5.56 Å². The van der Waals surface area contributed by atoms with Crippen molar-refractivity contribution in [3.05, 3.63) is 48.0 Å². The summed E-state index contributed by atoms with van der Waals surface area (Å²) < 4.78 is 77.1. The second-order valence-electron chi connectivity index (χ2n) is 4.30. The minimum Gasteiger partial charge on any atom is -0.507 e. The minimum atomic E-state index is -4.90. The van der Waals surface area contributed by atoms with Crippen molar-refractivity contribution in [3.63, 3.8) is 0 Å². The fourth-order valence-corrected chi connectivity index (χ4v) is 1.79. The van der Waals surface area contributed by atoms with Gasteiger partial charge in [0.1, 0.15) is 11.5 Å². The van der Waals surface area contributed by atoms with Gasteiger partial charge in [-0.05, 0) is 29.8 Å². The van der Waals surface area contributed by atoms with Crippen molar-refractivity contribution < 1.29 is 36.2 Å². The van der Waals surface area contributed by atoms with E-state index in [1.54, 1.807) is 0 Å². The SMILES string of the molecule is Oc1cc(OC(F)(F)F)ccc1-c1ccc(C(F)(F)F)cc1. The number of hydrogen-bond donors (Lipinski definition) is 1. The van der Waals surface area contributed by atoms with Crippen LogP contribution in [0.1, 0.15) is 5.56 Å². The number of benzene rings is 2. The lowest BCUT2D eigenvalue weighted by Crippen LogP contribution is -2.16. The molecule has 1 N–H and O–H groups in total. The van der Waals surface area contributed by atoms with Gasteiger partial charge in [0.15, 0.2) is 0 Å². The normalized spacial score (nSPS) is 12.3. The molecule has 2 aromatic carbocycles. The molecule has 0 saturated carbocycles. The van der Waals surface area contributed by atoms with E-state index in [4.69, 9.17) is 0 Å². The lowest BCUT2D eigenvalue weighted by Gasteiger charge is -2.12. The molecular weight excluding hydrogens is 314 g/mol. The first kappa shape index (κ1) is 16.0. The van der Waals surface area contributed by atoms with E-state index in [0.29, 0.717) is 0 Å². The van der Waals surface area contributed by atoms with Gasteiger partial charge < -0.3 is 9.84 Å². The van der Waals surface area contributed by atoms with Crippen molar-refractivity contribution in [2.24, 2.45) is 0 Å². The van der Waals surface area contributed by atoms with Gasteiger partial charge in [-0.25, -0.2) is 0 Å². The Morgan fingerprint density at radius 3 is 1.86 bits per heavy atom. The highest BCUT2D eigenvalue weighted by Crippen LogP contribution is 2.36. The fraction of sp³-hybridized carbons (Fsp3) is 0.143. The third-order valence-electron chi connectivity index (χ3n) is 2.73. The molecule has 0 fully saturated rings. The maximum absolute atomic E-state index is 12.4. The molecule has 8 heteroatoms. The van der Waals surface area contributed by atoms with Crippen molar-refractivity contribution in [3.8, 4) is 22.6 Å². The molecule has 22 heavy (non-hydrogen) atoms. The summed E-state index contributed by atoms with van der Waals surface area (Å²) in [5.74, 6) is -1.16. The first-order valence-corrected chi connectivity index (χ1v) is 5.83. The molecular formula is C14H8F6O2. The van der Waals surface area contributed by atoms with Gasteiger partial charge in [0.2, 0.25) is 0 Å². The Bertz CT molecular complexity index is 659. The number of ether oxygens (including phenoxy) is 1. The highest BCUT2D eigenvalue weighted by molar-refractivity contribution is 5.71. The molecule has 118 valence electrons. The minimum absolute atomic E-state index is 0.0863. The molecule has 0 atom stereocenters. The average molecular weight is 322 g/mol. The van der Waals surface area contributed by atoms with E-state index in [2.05, 4.69) is 4.74 Å². The van der Waals surface area contributed by atoms with Crippen molar-refractivity contribution in [1.82, 2.24) is 0 Å². The van der Waals surface area contributed by atoms with Crippen LogP contribution in [0.5, 0.6) is 11.5 Å².